The number of benzene rings is 2. The molecule has 1 unspecified atom stereocenters. The number of carbonyl (C=O) groups excluding carboxylic acids is 1. The van der Waals surface area contributed by atoms with E-state index in [2.05, 4.69) is 23.0 Å². The number of rotatable bonds is 12. The van der Waals surface area contributed by atoms with Gasteiger partial charge in [0, 0.05) is 17.3 Å². The quantitative estimate of drug-likeness (QED) is 0.137. The minimum Gasteiger partial charge on any atom is -0.480 e. The van der Waals surface area contributed by atoms with Crippen LogP contribution in [0.25, 0.3) is 0 Å². The van der Waals surface area contributed by atoms with E-state index in [1.807, 2.05) is 36.4 Å². The van der Waals surface area contributed by atoms with Crippen LogP contribution in [0.3, 0.4) is 0 Å². The molecular weight excluding hydrogens is 477 g/mol. The first-order valence-electron chi connectivity index (χ1n) is 11.6. The summed E-state index contributed by atoms with van der Waals surface area (Å²) >= 11 is 1.26. The molecule has 8 heteroatoms. The fraction of sp³-hybridized carbons (Fsp3) is 0.250. The number of nitrogens with two attached hydrogens (primary N) is 1. The monoisotopic (exact) mass is 507 g/mol. The van der Waals surface area contributed by atoms with E-state index in [1.54, 1.807) is 19.1 Å². The highest BCUT2D eigenvalue weighted by atomic mass is 32.1. The lowest BCUT2D eigenvalue weighted by molar-refractivity contribution is -0.139. The zero-order chi connectivity index (χ0) is 26.1. The van der Waals surface area contributed by atoms with E-state index in [-0.39, 0.29) is 18.2 Å². The molecular formula is C28H30FN3O3S. The van der Waals surface area contributed by atoms with Crippen molar-refractivity contribution in [1.29, 1.82) is 0 Å². The van der Waals surface area contributed by atoms with Gasteiger partial charge in [0.25, 0.3) is 5.91 Å². The second kappa shape index (κ2) is 12.8. The van der Waals surface area contributed by atoms with Crippen LogP contribution in [0.2, 0.25) is 0 Å². The number of hydrogen-bond donors (Lipinski definition) is 3. The predicted molar refractivity (Wildman–Crippen MR) is 142 cm³/mol. The molecule has 0 fully saturated rings. The third-order valence-corrected chi connectivity index (χ3v) is 6.75. The van der Waals surface area contributed by atoms with Crippen LogP contribution < -0.4 is 11.1 Å². The summed E-state index contributed by atoms with van der Waals surface area (Å²) in [5.74, 6) is -1.77. The first-order chi connectivity index (χ1) is 17.3. The molecule has 0 saturated heterocycles. The number of carboxylic acids is 1. The van der Waals surface area contributed by atoms with E-state index >= 15 is 0 Å². The molecule has 188 valence electrons. The van der Waals surface area contributed by atoms with Gasteiger partial charge in [0.1, 0.15) is 11.9 Å². The molecule has 36 heavy (non-hydrogen) atoms. The van der Waals surface area contributed by atoms with Crippen LogP contribution in [0.1, 0.15) is 56.9 Å². The molecule has 2 aromatic carbocycles. The Labute approximate surface area is 214 Å². The number of thiophene rings is 1. The average Bonchev–Trinajstić information content (AvgIpc) is 3.31. The van der Waals surface area contributed by atoms with Gasteiger partial charge in [-0.15, -0.1) is 17.9 Å². The van der Waals surface area contributed by atoms with E-state index in [1.165, 1.54) is 23.5 Å². The molecule has 0 bridgehead atoms. The minimum absolute atomic E-state index is 0.234. The topological polar surface area (TPSA) is 105 Å². The number of carboxylic acid groups (broad SMARTS) is 1. The zero-order valence-corrected chi connectivity index (χ0v) is 20.9. The molecule has 0 aliphatic carbocycles. The predicted octanol–water partition coefficient (Wildman–Crippen LogP) is 5.14. The number of allylic oxidation sites excluding steroid dienone is 1. The fourth-order valence-electron chi connectivity index (χ4n) is 3.94. The van der Waals surface area contributed by atoms with Gasteiger partial charge in [0.05, 0.1) is 10.7 Å². The van der Waals surface area contributed by atoms with Crippen molar-refractivity contribution in [3.05, 3.63) is 106 Å². The van der Waals surface area contributed by atoms with Crippen molar-refractivity contribution in [1.82, 2.24) is 5.32 Å². The summed E-state index contributed by atoms with van der Waals surface area (Å²) in [6.45, 7) is 5.86. The molecule has 0 aliphatic rings. The normalized spacial score (nSPS) is 13.1. The second-order valence-electron chi connectivity index (χ2n) is 8.46. The fourth-order valence-corrected chi connectivity index (χ4v) is 5.01. The highest BCUT2D eigenvalue weighted by Crippen LogP contribution is 2.37. The van der Waals surface area contributed by atoms with Crippen molar-refractivity contribution >= 4 is 29.0 Å². The average molecular weight is 508 g/mol. The number of aliphatic imine (C=N–C) groups is 1. The van der Waals surface area contributed by atoms with Crippen LogP contribution >= 0.6 is 11.3 Å². The Kier molecular flexibility index (Phi) is 9.53. The lowest BCUT2D eigenvalue weighted by Crippen LogP contribution is -2.40. The zero-order valence-electron chi connectivity index (χ0n) is 20.1. The molecule has 0 radical (unpaired) electrons. The van der Waals surface area contributed by atoms with Gasteiger partial charge >= 0.3 is 5.97 Å². The Morgan fingerprint density at radius 1 is 1.17 bits per heavy atom. The van der Waals surface area contributed by atoms with Crippen molar-refractivity contribution in [2.45, 2.75) is 38.1 Å². The maximum Gasteiger partial charge on any atom is 0.326 e. The molecule has 3 rings (SSSR count). The van der Waals surface area contributed by atoms with E-state index in [9.17, 15) is 19.1 Å². The molecule has 6 nitrogen and oxygen atoms in total. The van der Waals surface area contributed by atoms with Crippen molar-refractivity contribution < 1.29 is 19.1 Å². The van der Waals surface area contributed by atoms with Crippen LogP contribution in [0.15, 0.2) is 78.3 Å². The molecule has 0 spiro atoms. The Morgan fingerprint density at radius 2 is 1.89 bits per heavy atom. The summed E-state index contributed by atoms with van der Waals surface area (Å²) < 4.78 is 14.1. The van der Waals surface area contributed by atoms with Crippen molar-refractivity contribution in [3.63, 3.8) is 0 Å². The molecule has 4 N–H and O–H groups in total. The number of halogens is 1. The van der Waals surface area contributed by atoms with E-state index in [4.69, 9.17) is 5.73 Å². The third-order valence-electron chi connectivity index (χ3n) is 5.60. The number of hydrogen-bond acceptors (Lipinski definition) is 4. The number of nitrogens with one attached hydrogen (secondary N) is 1. The maximum absolute atomic E-state index is 14.1. The summed E-state index contributed by atoms with van der Waals surface area (Å²) in [7, 11) is 0. The molecule has 1 heterocycles. The van der Waals surface area contributed by atoms with Crippen LogP contribution in [-0.4, -0.2) is 35.4 Å². The number of amidine groups is 1. The summed E-state index contributed by atoms with van der Waals surface area (Å²) in [5, 5.41) is 12.2. The van der Waals surface area contributed by atoms with Crippen molar-refractivity contribution in [2.75, 3.05) is 6.54 Å². The Bertz CT molecular complexity index is 1250. The molecule has 1 amide bonds. The van der Waals surface area contributed by atoms with E-state index in [0.717, 1.165) is 21.6 Å². The van der Waals surface area contributed by atoms with Crippen molar-refractivity contribution in [2.24, 2.45) is 10.7 Å². The van der Waals surface area contributed by atoms with Crippen LogP contribution in [0.4, 0.5) is 4.39 Å². The van der Waals surface area contributed by atoms with E-state index in [0.29, 0.717) is 30.1 Å². The SMILES string of the molecule is C=CCc1cccc(C(c2cccc(F)c2)c2ccc(C(=O)N[C@@H](CCCN=C(C)N)C(=O)O)s2)c1. The first kappa shape index (κ1) is 26.8. The van der Waals surface area contributed by atoms with Gasteiger partial charge in [0.2, 0.25) is 0 Å². The lowest BCUT2D eigenvalue weighted by Gasteiger charge is -2.18. The second-order valence-corrected chi connectivity index (χ2v) is 9.57. The van der Waals surface area contributed by atoms with Gasteiger partial charge in [-0.25, -0.2) is 9.18 Å². The van der Waals surface area contributed by atoms with Crippen LogP contribution in [-0.2, 0) is 11.2 Å². The van der Waals surface area contributed by atoms with Crippen LogP contribution in [0.5, 0.6) is 0 Å². The first-order valence-corrected chi connectivity index (χ1v) is 12.4. The summed E-state index contributed by atoms with van der Waals surface area (Å²) in [6, 6.07) is 16.9. The van der Waals surface area contributed by atoms with Gasteiger partial charge in [-0.2, -0.15) is 0 Å². The Balaban J connectivity index is 1.86. The summed E-state index contributed by atoms with van der Waals surface area (Å²) in [6.07, 6.45) is 3.24. The largest absolute Gasteiger partial charge is 0.480 e. The van der Waals surface area contributed by atoms with Crippen LogP contribution in [0, 0.1) is 5.82 Å². The summed E-state index contributed by atoms with van der Waals surface area (Å²) in [5.41, 5.74) is 8.32. The summed E-state index contributed by atoms with van der Waals surface area (Å²) in [4.78, 5) is 29.9. The molecule has 0 aliphatic heterocycles. The minimum atomic E-state index is -1.11. The number of amides is 1. The molecule has 3 aromatic rings. The Morgan fingerprint density at radius 3 is 2.56 bits per heavy atom. The maximum atomic E-state index is 14.1. The van der Waals surface area contributed by atoms with Gasteiger partial charge < -0.3 is 16.2 Å². The van der Waals surface area contributed by atoms with Crippen molar-refractivity contribution in [3.8, 4) is 0 Å². The van der Waals surface area contributed by atoms with Gasteiger partial charge in [-0.1, -0.05) is 42.5 Å². The number of aliphatic carboxylic acids is 1. The molecule has 2 atom stereocenters. The Hall–Kier alpha value is -3.78. The number of carbonyl (C=O) groups is 2. The van der Waals surface area contributed by atoms with E-state index < -0.39 is 17.9 Å². The third kappa shape index (κ3) is 7.36. The number of nitrogens with zero attached hydrogens (tertiary/aromatic N) is 1. The van der Waals surface area contributed by atoms with Gasteiger partial charge in [-0.3, -0.25) is 9.79 Å². The standard InChI is InChI=1S/C28H30FN3O3S/c1-3-7-19-8-4-9-20(16-19)26(21-10-5-11-22(29)17-21)24-13-14-25(36-24)27(33)32-23(28(34)35)12-6-15-31-18(2)30/h3-5,8-11,13-14,16-17,23,26H,1,6-7,12,15H2,2H3,(H2,30,31)(H,32,33)(H,34,35)/t23-,26?/m0/s1. The lowest BCUT2D eigenvalue weighted by atomic mass is 9.88. The molecule has 0 saturated carbocycles. The van der Waals surface area contributed by atoms with Gasteiger partial charge in [-0.05, 0) is 67.1 Å². The molecule has 1 aromatic heterocycles. The van der Waals surface area contributed by atoms with Gasteiger partial charge in [0.15, 0.2) is 0 Å². The highest BCUT2D eigenvalue weighted by Gasteiger charge is 2.24. The highest BCUT2D eigenvalue weighted by molar-refractivity contribution is 7.14. The smallest absolute Gasteiger partial charge is 0.326 e.